The van der Waals surface area contributed by atoms with E-state index in [0.29, 0.717) is 0 Å². The van der Waals surface area contributed by atoms with Gasteiger partial charge in [0.05, 0.1) is 11.4 Å². The third-order valence-corrected chi connectivity index (χ3v) is 3.17. The molecule has 16 heavy (non-hydrogen) atoms. The number of aliphatic imine (C=N–C) groups is 1. The number of anilines is 1. The lowest BCUT2D eigenvalue weighted by Crippen LogP contribution is -2.27. The van der Waals surface area contributed by atoms with Crippen molar-refractivity contribution in [1.29, 1.82) is 0 Å². The van der Waals surface area contributed by atoms with E-state index in [0.717, 1.165) is 17.9 Å². The first-order valence-electron chi connectivity index (χ1n) is 5.64. The molecule has 1 heterocycles. The number of nitrogens with zero attached hydrogens (tertiary/aromatic N) is 2. The SMILES string of the molecule is CCC1=Nc2cccc3cccc(c23)N1C. The number of benzene rings is 2. The predicted octanol–water partition coefficient (Wildman–Crippen LogP) is 3.73. The molecule has 0 fully saturated rings. The fraction of sp³-hybridized carbons (Fsp3) is 0.214. The summed E-state index contributed by atoms with van der Waals surface area (Å²) in [6.07, 6.45) is 0.960. The van der Waals surface area contributed by atoms with Gasteiger partial charge >= 0.3 is 0 Å². The Morgan fingerprint density at radius 1 is 1.12 bits per heavy atom. The zero-order chi connectivity index (χ0) is 11.1. The van der Waals surface area contributed by atoms with Crippen molar-refractivity contribution in [3.8, 4) is 0 Å². The second-order valence-corrected chi connectivity index (χ2v) is 4.09. The van der Waals surface area contributed by atoms with Crippen LogP contribution in [0.15, 0.2) is 41.4 Å². The van der Waals surface area contributed by atoms with Crippen molar-refractivity contribution in [1.82, 2.24) is 0 Å². The van der Waals surface area contributed by atoms with Gasteiger partial charge in [0.15, 0.2) is 0 Å². The van der Waals surface area contributed by atoms with Crippen molar-refractivity contribution in [3.63, 3.8) is 0 Å². The lowest BCUT2D eigenvalue weighted by Gasteiger charge is -2.27. The molecule has 0 aromatic heterocycles. The summed E-state index contributed by atoms with van der Waals surface area (Å²) in [5, 5.41) is 2.53. The number of hydrogen-bond acceptors (Lipinski definition) is 2. The van der Waals surface area contributed by atoms with Gasteiger partial charge in [-0.15, -0.1) is 0 Å². The van der Waals surface area contributed by atoms with Gasteiger partial charge in [-0.2, -0.15) is 0 Å². The fourth-order valence-electron chi connectivity index (χ4n) is 2.34. The van der Waals surface area contributed by atoms with Gasteiger partial charge < -0.3 is 4.90 Å². The van der Waals surface area contributed by atoms with E-state index in [2.05, 4.69) is 55.3 Å². The van der Waals surface area contributed by atoms with Crippen LogP contribution in [0.3, 0.4) is 0 Å². The summed E-state index contributed by atoms with van der Waals surface area (Å²) in [7, 11) is 2.09. The van der Waals surface area contributed by atoms with Gasteiger partial charge in [-0.1, -0.05) is 31.2 Å². The second-order valence-electron chi connectivity index (χ2n) is 4.09. The molecular formula is C14H14N2. The minimum absolute atomic E-state index is 0.960. The molecule has 2 aromatic rings. The van der Waals surface area contributed by atoms with Crippen LogP contribution in [0.4, 0.5) is 11.4 Å². The van der Waals surface area contributed by atoms with Crippen LogP contribution in [0, 0.1) is 0 Å². The molecule has 2 nitrogen and oxygen atoms in total. The Morgan fingerprint density at radius 2 is 1.88 bits per heavy atom. The van der Waals surface area contributed by atoms with Gasteiger partial charge in [-0.05, 0) is 17.5 Å². The molecule has 0 unspecified atom stereocenters. The van der Waals surface area contributed by atoms with Crippen molar-refractivity contribution < 1.29 is 0 Å². The van der Waals surface area contributed by atoms with Gasteiger partial charge in [-0.25, -0.2) is 4.99 Å². The fourth-order valence-corrected chi connectivity index (χ4v) is 2.34. The van der Waals surface area contributed by atoms with Crippen molar-refractivity contribution in [2.24, 2.45) is 4.99 Å². The minimum atomic E-state index is 0.960. The molecule has 0 bridgehead atoms. The predicted molar refractivity (Wildman–Crippen MR) is 69.7 cm³/mol. The highest BCUT2D eigenvalue weighted by Gasteiger charge is 2.17. The molecule has 0 saturated carbocycles. The molecule has 1 aliphatic rings. The third-order valence-electron chi connectivity index (χ3n) is 3.17. The van der Waals surface area contributed by atoms with Crippen LogP contribution in [0.1, 0.15) is 13.3 Å². The van der Waals surface area contributed by atoms with Crippen molar-refractivity contribution in [2.45, 2.75) is 13.3 Å². The Morgan fingerprint density at radius 3 is 2.62 bits per heavy atom. The summed E-state index contributed by atoms with van der Waals surface area (Å²) in [6.45, 7) is 2.14. The van der Waals surface area contributed by atoms with Crippen molar-refractivity contribution in [2.75, 3.05) is 11.9 Å². The molecule has 3 rings (SSSR count). The normalized spacial score (nSPS) is 14.1. The van der Waals surface area contributed by atoms with E-state index in [1.807, 2.05) is 0 Å². The molecule has 0 spiro atoms. The topological polar surface area (TPSA) is 15.6 Å². The molecule has 0 amide bonds. The van der Waals surface area contributed by atoms with Crippen LogP contribution in [-0.2, 0) is 0 Å². The van der Waals surface area contributed by atoms with Gasteiger partial charge in [-0.3, -0.25) is 0 Å². The van der Waals surface area contributed by atoms with E-state index >= 15 is 0 Å². The molecule has 0 saturated heterocycles. The highest BCUT2D eigenvalue weighted by atomic mass is 15.2. The Bertz CT molecular complexity index is 579. The number of hydrogen-bond donors (Lipinski definition) is 0. The van der Waals surface area contributed by atoms with E-state index in [4.69, 9.17) is 4.99 Å². The maximum absolute atomic E-state index is 4.71. The van der Waals surface area contributed by atoms with Gasteiger partial charge in [0.2, 0.25) is 0 Å². The van der Waals surface area contributed by atoms with Crippen LogP contribution in [0.25, 0.3) is 10.8 Å². The minimum Gasteiger partial charge on any atom is -0.332 e. The van der Waals surface area contributed by atoms with Crippen LogP contribution in [0.5, 0.6) is 0 Å². The van der Waals surface area contributed by atoms with Crippen molar-refractivity contribution >= 4 is 28.0 Å². The van der Waals surface area contributed by atoms with E-state index < -0.39 is 0 Å². The molecule has 2 aromatic carbocycles. The zero-order valence-electron chi connectivity index (χ0n) is 9.57. The maximum atomic E-state index is 4.71. The average molecular weight is 210 g/mol. The summed E-state index contributed by atoms with van der Waals surface area (Å²) in [5.41, 5.74) is 2.36. The molecule has 80 valence electrons. The first-order valence-corrected chi connectivity index (χ1v) is 5.64. The lowest BCUT2D eigenvalue weighted by atomic mass is 10.0. The average Bonchev–Trinajstić information content (AvgIpc) is 2.33. The monoisotopic (exact) mass is 210 g/mol. The smallest absolute Gasteiger partial charge is 0.109 e. The quantitative estimate of drug-likeness (QED) is 0.700. The molecule has 2 heteroatoms. The number of rotatable bonds is 1. The Balaban J connectivity index is 2.41. The first kappa shape index (κ1) is 9.40. The van der Waals surface area contributed by atoms with Gasteiger partial charge in [0, 0.05) is 18.9 Å². The third kappa shape index (κ3) is 1.16. The molecular weight excluding hydrogens is 196 g/mol. The molecule has 0 atom stereocenters. The molecule has 1 aliphatic heterocycles. The van der Waals surface area contributed by atoms with Crippen LogP contribution in [-0.4, -0.2) is 12.9 Å². The standard InChI is InChI=1S/C14H14N2/c1-3-13-15-11-8-4-6-10-7-5-9-12(14(10)11)16(13)2/h4-9H,3H2,1-2H3. The first-order chi connectivity index (χ1) is 7.81. The van der Waals surface area contributed by atoms with Crippen LogP contribution >= 0.6 is 0 Å². The van der Waals surface area contributed by atoms with E-state index in [1.165, 1.54) is 16.5 Å². The summed E-state index contributed by atoms with van der Waals surface area (Å²) in [4.78, 5) is 6.90. The number of amidine groups is 1. The molecule has 0 N–H and O–H groups in total. The zero-order valence-corrected chi connectivity index (χ0v) is 9.57. The molecule has 0 aliphatic carbocycles. The Hall–Kier alpha value is -1.83. The summed E-state index contributed by atoms with van der Waals surface area (Å²) >= 11 is 0. The second kappa shape index (κ2) is 3.34. The highest BCUT2D eigenvalue weighted by molar-refractivity contribution is 6.14. The summed E-state index contributed by atoms with van der Waals surface area (Å²) in [5.74, 6) is 1.13. The Kier molecular flexibility index (Phi) is 1.96. The van der Waals surface area contributed by atoms with E-state index in [9.17, 15) is 0 Å². The summed E-state index contributed by atoms with van der Waals surface area (Å²) in [6, 6.07) is 12.7. The van der Waals surface area contributed by atoms with Crippen molar-refractivity contribution in [3.05, 3.63) is 36.4 Å². The largest absolute Gasteiger partial charge is 0.332 e. The van der Waals surface area contributed by atoms with Gasteiger partial charge in [0.25, 0.3) is 0 Å². The van der Waals surface area contributed by atoms with Gasteiger partial charge in [0.1, 0.15) is 5.84 Å². The van der Waals surface area contributed by atoms with E-state index in [1.54, 1.807) is 0 Å². The highest BCUT2D eigenvalue weighted by Crippen LogP contribution is 2.38. The summed E-state index contributed by atoms with van der Waals surface area (Å²) < 4.78 is 0. The maximum Gasteiger partial charge on any atom is 0.109 e. The molecule has 0 radical (unpaired) electrons. The van der Waals surface area contributed by atoms with E-state index in [-0.39, 0.29) is 0 Å². The van der Waals surface area contributed by atoms with Crippen LogP contribution in [0.2, 0.25) is 0 Å². The Labute approximate surface area is 95.2 Å². The van der Waals surface area contributed by atoms with Crippen LogP contribution < -0.4 is 4.90 Å². The lowest BCUT2D eigenvalue weighted by molar-refractivity contribution is 1.14.